The first-order valence-corrected chi connectivity index (χ1v) is 6.22. The van der Waals surface area contributed by atoms with E-state index in [-0.39, 0.29) is 11.2 Å². The van der Waals surface area contributed by atoms with Gasteiger partial charge in [-0.3, -0.25) is 4.79 Å². The van der Waals surface area contributed by atoms with Crippen molar-refractivity contribution in [2.75, 3.05) is 6.61 Å². The summed E-state index contributed by atoms with van der Waals surface area (Å²) in [5, 5.41) is 8.90. The molecule has 0 amide bonds. The number of nitrogens with zero attached hydrogens (tertiary/aromatic N) is 1. The Bertz CT molecular complexity index is 512. The van der Waals surface area contributed by atoms with Crippen LogP contribution in [-0.2, 0) is 6.42 Å². The number of carbonyl (C=O) groups excluding carboxylic acids is 1. The first-order valence-electron chi connectivity index (χ1n) is 6.22. The maximum absolute atomic E-state index is 11.5. The highest BCUT2D eigenvalue weighted by Gasteiger charge is 2.20. The van der Waals surface area contributed by atoms with Crippen LogP contribution in [0, 0.1) is 16.7 Å². The van der Waals surface area contributed by atoms with E-state index in [1.165, 1.54) is 0 Å². The lowest BCUT2D eigenvalue weighted by atomic mass is 9.92. The minimum atomic E-state index is -0.354. The topological polar surface area (TPSA) is 50.1 Å². The van der Waals surface area contributed by atoms with Crippen LogP contribution in [0.25, 0.3) is 0 Å². The normalized spacial score (nSPS) is 14.2. The monoisotopic (exact) mass is 243 g/mol. The highest BCUT2D eigenvalue weighted by atomic mass is 16.5. The number of nitriles is 1. The van der Waals surface area contributed by atoms with Crippen LogP contribution in [0.4, 0.5) is 0 Å². The molecular formula is C15H17NO2. The molecule has 3 nitrogen and oxygen atoms in total. The van der Waals surface area contributed by atoms with E-state index in [1.54, 1.807) is 0 Å². The summed E-state index contributed by atoms with van der Waals surface area (Å²) in [6, 6.07) is 7.87. The Kier molecular flexibility index (Phi) is 3.38. The lowest BCUT2D eigenvalue weighted by Crippen LogP contribution is -2.13. The number of aryl methyl sites for hydroxylation is 1. The lowest BCUT2D eigenvalue weighted by molar-refractivity contribution is 0.0994. The molecule has 0 unspecified atom stereocenters. The fourth-order valence-electron chi connectivity index (χ4n) is 2.00. The van der Waals surface area contributed by atoms with E-state index in [1.807, 2.05) is 32.0 Å². The summed E-state index contributed by atoms with van der Waals surface area (Å²) in [5.74, 6) is 1.01. The average Bonchev–Trinajstić information content (AvgIpc) is 2.71. The standard InChI is InChI=1S/C15H17NO2/c1-15(2,10-16)7-8-18-12-4-5-13-11(9-12)3-6-14(13)17/h4-5,9H,3,6-8H2,1-2H3. The third-order valence-corrected chi connectivity index (χ3v) is 3.30. The summed E-state index contributed by atoms with van der Waals surface area (Å²) in [7, 11) is 0. The highest BCUT2D eigenvalue weighted by Crippen LogP contribution is 2.27. The van der Waals surface area contributed by atoms with E-state index >= 15 is 0 Å². The van der Waals surface area contributed by atoms with E-state index in [4.69, 9.17) is 10.00 Å². The van der Waals surface area contributed by atoms with E-state index in [0.717, 1.165) is 23.3 Å². The Labute approximate surface area is 107 Å². The van der Waals surface area contributed by atoms with Gasteiger partial charge in [0.25, 0.3) is 0 Å². The van der Waals surface area contributed by atoms with Crippen molar-refractivity contribution < 1.29 is 9.53 Å². The van der Waals surface area contributed by atoms with Gasteiger partial charge in [-0.25, -0.2) is 0 Å². The molecule has 0 aliphatic heterocycles. The lowest BCUT2D eigenvalue weighted by Gasteiger charge is -2.15. The third-order valence-electron chi connectivity index (χ3n) is 3.30. The molecule has 1 aliphatic rings. The molecule has 0 spiro atoms. The van der Waals surface area contributed by atoms with Gasteiger partial charge in [0.1, 0.15) is 5.75 Å². The molecule has 0 heterocycles. The van der Waals surface area contributed by atoms with Crippen molar-refractivity contribution in [1.82, 2.24) is 0 Å². The van der Waals surface area contributed by atoms with Gasteiger partial charge in [-0.2, -0.15) is 5.26 Å². The number of fused-ring (bicyclic) bond motifs is 1. The van der Waals surface area contributed by atoms with Gasteiger partial charge >= 0.3 is 0 Å². The third kappa shape index (κ3) is 2.70. The van der Waals surface area contributed by atoms with Crippen molar-refractivity contribution in [2.24, 2.45) is 5.41 Å². The summed E-state index contributed by atoms with van der Waals surface area (Å²) in [5.41, 5.74) is 1.56. The van der Waals surface area contributed by atoms with Crippen molar-refractivity contribution >= 4 is 5.78 Å². The molecule has 0 bridgehead atoms. The molecule has 0 aromatic heterocycles. The van der Waals surface area contributed by atoms with Crippen LogP contribution in [0.1, 0.15) is 42.6 Å². The molecule has 0 saturated heterocycles. The van der Waals surface area contributed by atoms with Crippen LogP contribution in [0.3, 0.4) is 0 Å². The molecule has 0 saturated carbocycles. The number of ketones is 1. The second kappa shape index (κ2) is 4.81. The van der Waals surface area contributed by atoms with Crippen molar-refractivity contribution in [3.8, 4) is 11.8 Å². The Morgan fingerprint density at radius 3 is 2.89 bits per heavy atom. The van der Waals surface area contributed by atoms with Crippen LogP contribution >= 0.6 is 0 Å². The molecule has 1 aromatic rings. The minimum Gasteiger partial charge on any atom is -0.494 e. The van der Waals surface area contributed by atoms with Crippen molar-refractivity contribution in [3.05, 3.63) is 29.3 Å². The average molecular weight is 243 g/mol. The maximum Gasteiger partial charge on any atom is 0.163 e. The fourth-order valence-corrected chi connectivity index (χ4v) is 2.00. The SMILES string of the molecule is CC(C)(C#N)CCOc1ccc2c(c1)CCC2=O. The Morgan fingerprint density at radius 2 is 2.17 bits per heavy atom. The number of Topliss-reactive ketones (excluding diaryl/α,β-unsaturated/α-hetero) is 1. The van der Waals surface area contributed by atoms with Gasteiger partial charge in [-0.1, -0.05) is 0 Å². The smallest absolute Gasteiger partial charge is 0.163 e. The number of carbonyl (C=O) groups is 1. The zero-order valence-electron chi connectivity index (χ0n) is 10.8. The first-order chi connectivity index (χ1) is 8.52. The van der Waals surface area contributed by atoms with Gasteiger partial charge in [0.05, 0.1) is 18.1 Å². The summed E-state index contributed by atoms with van der Waals surface area (Å²) in [6.07, 6.45) is 2.12. The van der Waals surface area contributed by atoms with Gasteiger partial charge in [-0.15, -0.1) is 0 Å². The van der Waals surface area contributed by atoms with E-state index in [2.05, 4.69) is 6.07 Å². The zero-order chi connectivity index (χ0) is 13.2. The van der Waals surface area contributed by atoms with Crippen LogP contribution in [0.2, 0.25) is 0 Å². The number of ether oxygens (including phenoxy) is 1. The Balaban J connectivity index is 1.96. The molecule has 1 aliphatic carbocycles. The van der Waals surface area contributed by atoms with E-state index in [9.17, 15) is 4.79 Å². The van der Waals surface area contributed by atoms with Gasteiger partial charge in [0.2, 0.25) is 0 Å². The van der Waals surface area contributed by atoms with Crippen LogP contribution in [-0.4, -0.2) is 12.4 Å². The van der Waals surface area contributed by atoms with E-state index in [0.29, 0.717) is 19.4 Å². The second-order valence-electron chi connectivity index (χ2n) is 5.34. The minimum absolute atomic E-state index is 0.224. The zero-order valence-corrected chi connectivity index (χ0v) is 10.8. The largest absolute Gasteiger partial charge is 0.494 e. The quantitative estimate of drug-likeness (QED) is 0.816. The highest BCUT2D eigenvalue weighted by molar-refractivity contribution is 6.00. The second-order valence-corrected chi connectivity index (χ2v) is 5.34. The number of benzene rings is 1. The van der Waals surface area contributed by atoms with Crippen molar-refractivity contribution in [2.45, 2.75) is 33.1 Å². The predicted molar refractivity (Wildman–Crippen MR) is 68.6 cm³/mol. The summed E-state index contributed by atoms with van der Waals surface area (Å²) < 4.78 is 5.64. The summed E-state index contributed by atoms with van der Waals surface area (Å²) in [6.45, 7) is 4.32. The maximum atomic E-state index is 11.5. The number of hydrogen-bond acceptors (Lipinski definition) is 3. The Hall–Kier alpha value is -1.82. The van der Waals surface area contributed by atoms with Crippen molar-refractivity contribution in [1.29, 1.82) is 5.26 Å². The molecule has 18 heavy (non-hydrogen) atoms. The fraction of sp³-hybridized carbons (Fsp3) is 0.467. The molecule has 94 valence electrons. The Morgan fingerprint density at radius 1 is 1.39 bits per heavy atom. The molecule has 2 rings (SSSR count). The molecular weight excluding hydrogens is 226 g/mol. The molecule has 3 heteroatoms. The summed E-state index contributed by atoms with van der Waals surface area (Å²) in [4.78, 5) is 11.5. The number of rotatable bonds is 4. The molecule has 1 aromatic carbocycles. The summed E-state index contributed by atoms with van der Waals surface area (Å²) >= 11 is 0. The molecule has 0 fully saturated rings. The van der Waals surface area contributed by atoms with E-state index < -0.39 is 0 Å². The van der Waals surface area contributed by atoms with Gasteiger partial charge in [0.15, 0.2) is 5.78 Å². The predicted octanol–water partition coefficient (Wildman–Crippen LogP) is 3.13. The molecule has 0 radical (unpaired) electrons. The molecule has 0 atom stereocenters. The number of hydrogen-bond donors (Lipinski definition) is 0. The van der Waals surface area contributed by atoms with Crippen LogP contribution in [0.5, 0.6) is 5.75 Å². The van der Waals surface area contributed by atoms with Crippen LogP contribution < -0.4 is 4.74 Å². The van der Waals surface area contributed by atoms with Gasteiger partial charge < -0.3 is 4.74 Å². The van der Waals surface area contributed by atoms with Crippen molar-refractivity contribution in [3.63, 3.8) is 0 Å². The van der Waals surface area contributed by atoms with Crippen LogP contribution in [0.15, 0.2) is 18.2 Å². The molecule has 0 N–H and O–H groups in total. The van der Waals surface area contributed by atoms with Gasteiger partial charge in [0, 0.05) is 12.0 Å². The van der Waals surface area contributed by atoms with Gasteiger partial charge in [-0.05, 0) is 50.5 Å². The first kappa shape index (κ1) is 12.6.